The first-order chi connectivity index (χ1) is 13.2. The van der Waals surface area contributed by atoms with Crippen molar-refractivity contribution in [3.05, 3.63) is 80.2 Å². The molecule has 28 heavy (non-hydrogen) atoms. The summed E-state index contributed by atoms with van der Waals surface area (Å²) >= 11 is 12.0. The van der Waals surface area contributed by atoms with Crippen LogP contribution in [0.15, 0.2) is 53.6 Å². The zero-order valence-electron chi connectivity index (χ0n) is 13.8. The molecule has 0 aliphatic carbocycles. The van der Waals surface area contributed by atoms with Crippen LogP contribution < -0.4 is 4.72 Å². The second-order valence-electron chi connectivity index (χ2n) is 5.58. The monoisotopic (exact) mass is 444 g/mol. The number of non-ortho nitro benzene ring substituents is 1. The van der Waals surface area contributed by atoms with Gasteiger partial charge >= 0.3 is 0 Å². The van der Waals surface area contributed by atoms with Gasteiger partial charge in [0, 0.05) is 28.9 Å². The van der Waals surface area contributed by atoms with Crippen molar-refractivity contribution in [1.82, 2.24) is 9.78 Å². The molecule has 0 bridgehead atoms. The van der Waals surface area contributed by atoms with E-state index in [0.717, 1.165) is 6.07 Å². The molecule has 8 nitrogen and oxygen atoms in total. The number of hydrogen-bond acceptors (Lipinski definition) is 5. The molecule has 2 aromatic carbocycles. The summed E-state index contributed by atoms with van der Waals surface area (Å²) in [5.74, 6) is -0.751. The second-order valence-corrected chi connectivity index (χ2v) is 8.08. The maximum Gasteiger partial charge on any atom is 0.270 e. The molecule has 0 saturated carbocycles. The highest BCUT2D eigenvalue weighted by Crippen LogP contribution is 2.26. The van der Waals surface area contributed by atoms with Gasteiger partial charge in [0.1, 0.15) is 10.8 Å². The molecule has 0 spiro atoms. The van der Waals surface area contributed by atoms with E-state index in [1.165, 1.54) is 47.3 Å². The molecule has 1 N–H and O–H groups in total. The lowest BCUT2D eigenvalue weighted by Crippen LogP contribution is -2.14. The summed E-state index contributed by atoms with van der Waals surface area (Å²) in [5.41, 5.74) is -0.217. The van der Waals surface area contributed by atoms with Crippen molar-refractivity contribution in [3.8, 4) is 0 Å². The predicted octanol–water partition coefficient (Wildman–Crippen LogP) is 4.09. The molecule has 0 aliphatic heterocycles. The van der Waals surface area contributed by atoms with E-state index in [2.05, 4.69) is 9.82 Å². The number of halogens is 3. The van der Waals surface area contributed by atoms with E-state index in [1.54, 1.807) is 0 Å². The van der Waals surface area contributed by atoms with Gasteiger partial charge in [-0.25, -0.2) is 12.8 Å². The molecule has 0 atom stereocenters. The molecule has 0 unspecified atom stereocenters. The van der Waals surface area contributed by atoms with E-state index >= 15 is 0 Å². The summed E-state index contributed by atoms with van der Waals surface area (Å²) in [6.45, 7) is -0.0796. The minimum atomic E-state index is -4.18. The van der Waals surface area contributed by atoms with Gasteiger partial charge in [0.05, 0.1) is 16.4 Å². The van der Waals surface area contributed by atoms with Crippen LogP contribution in [0, 0.1) is 15.9 Å². The number of benzene rings is 2. The predicted molar refractivity (Wildman–Crippen MR) is 102 cm³/mol. The van der Waals surface area contributed by atoms with Gasteiger partial charge in [-0.05, 0) is 18.2 Å². The molecule has 1 heterocycles. The number of anilines is 1. The number of nitrogens with one attached hydrogen (secondary N) is 1. The van der Waals surface area contributed by atoms with E-state index in [9.17, 15) is 22.9 Å². The highest BCUT2D eigenvalue weighted by atomic mass is 35.5. The van der Waals surface area contributed by atoms with Crippen molar-refractivity contribution in [2.24, 2.45) is 0 Å². The van der Waals surface area contributed by atoms with Crippen molar-refractivity contribution in [3.63, 3.8) is 0 Å². The molecule has 12 heteroatoms. The summed E-state index contributed by atoms with van der Waals surface area (Å²) in [6, 6.07) is 8.71. The van der Waals surface area contributed by atoms with Crippen LogP contribution in [0.25, 0.3) is 0 Å². The summed E-state index contributed by atoms with van der Waals surface area (Å²) in [5, 5.41) is 15.0. The fourth-order valence-corrected chi connectivity index (χ4v) is 3.88. The first kappa shape index (κ1) is 20.1. The Morgan fingerprint density at radius 1 is 1.18 bits per heavy atom. The van der Waals surface area contributed by atoms with Crippen LogP contribution in [-0.2, 0) is 16.6 Å². The second kappa shape index (κ2) is 7.74. The lowest BCUT2D eigenvalue weighted by Gasteiger charge is -2.07. The Kier molecular flexibility index (Phi) is 5.54. The number of rotatable bonds is 6. The largest absolute Gasteiger partial charge is 0.270 e. The molecule has 0 aliphatic rings. The van der Waals surface area contributed by atoms with Gasteiger partial charge in [-0.1, -0.05) is 35.3 Å². The number of aromatic nitrogens is 2. The topological polar surface area (TPSA) is 107 Å². The lowest BCUT2D eigenvalue weighted by atomic mass is 10.2. The molecule has 1 aromatic heterocycles. The van der Waals surface area contributed by atoms with Crippen molar-refractivity contribution >= 4 is 44.7 Å². The van der Waals surface area contributed by atoms with Crippen LogP contribution in [0.1, 0.15) is 5.56 Å². The van der Waals surface area contributed by atoms with Crippen molar-refractivity contribution in [2.45, 2.75) is 11.4 Å². The fraction of sp³-hybridized carbons (Fsp3) is 0.0625. The Morgan fingerprint density at radius 2 is 1.89 bits per heavy atom. The molecule has 146 valence electrons. The number of hydrogen-bond donors (Lipinski definition) is 1. The van der Waals surface area contributed by atoms with Crippen molar-refractivity contribution in [1.29, 1.82) is 0 Å². The fourth-order valence-electron chi connectivity index (χ4n) is 2.34. The molecule has 0 fully saturated rings. The van der Waals surface area contributed by atoms with Crippen molar-refractivity contribution < 1.29 is 17.7 Å². The minimum Gasteiger partial charge on any atom is -0.264 e. The molecular formula is C16H11Cl2FN4O4S. The van der Waals surface area contributed by atoms with E-state index in [4.69, 9.17) is 23.2 Å². The quantitative estimate of drug-likeness (QED) is 0.455. The van der Waals surface area contributed by atoms with E-state index in [1.807, 2.05) is 0 Å². The highest BCUT2D eigenvalue weighted by Gasteiger charge is 2.21. The van der Waals surface area contributed by atoms with Crippen LogP contribution >= 0.6 is 23.2 Å². The third-order valence-electron chi connectivity index (χ3n) is 3.67. The zero-order chi connectivity index (χ0) is 20.5. The number of nitro groups is 1. The van der Waals surface area contributed by atoms with Crippen molar-refractivity contribution in [2.75, 3.05) is 4.72 Å². The average Bonchev–Trinajstić information content (AvgIpc) is 2.97. The van der Waals surface area contributed by atoms with Gasteiger partial charge < -0.3 is 0 Å². The van der Waals surface area contributed by atoms with Crippen LogP contribution in [-0.4, -0.2) is 23.1 Å². The number of nitro benzene ring substituents is 1. The Morgan fingerprint density at radius 3 is 2.57 bits per heavy atom. The number of sulfonamides is 1. The Hall–Kier alpha value is -2.69. The first-order valence-electron chi connectivity index (χ1n) is 7.60. The molecule has 0 saturated heterocycles. The average molecular weight is 445 g/mol. The number of nitrogens with zero attached hydrogens (tertiary/aromatic N) is 3. The van der Waals surface area contributed by atoms with Crippen LogP contribution in [0.3, 0.4) is 0 Å². The molecule has 3 aromatic rings. The summed E-state index contributed by atoms with van der Waals surface area (Å²) in [7, 11) is -4.18. The lowest BCUT2D eigenvalue weighted by molar-refractivity contribution is -0.385. The molecule has 3 rings (SSSR count). The smallest absolute Gasteiger partial charge is 0.264 e. The van der Waals surface area contributed by atoms with Gasteiger partial charge in [-0.3, -0.25) is 19.5 Å². The summed E-state index contributed by atoms with van der Waals surface area (Å²) in [4.78, 5) is 9.80. The van der Waals surface area contributed by atoms with Gasteiger partial charge in [0.2, 0.25) is 0 Å². The maximum absolute atomic E-state index is 13.9. The zero-order valence-corrected chi connectivity index (χ0v) is 16.2. The maximum atomic E-state index is 13.9. The third kappa shape index (κ3) is 4.24. The molecular weight excluding hydrogens is 434 g/mol. The molecule has 0 radical (unpaired) electrons. The Labute approximate surface area is 168 Å². The highest BCUT2D eigenvalue weighted by molar-refractivity contribution is 7.92. The normalized spacial score (nSPS) is 11.4. The van der Waals surface area contributed by atoms with Crippen LogP contribution in [0.4, 0.5) is 15.9 Å². The summed E-state index contributed by atoms with van der Waals surface area (Å²) in [6.07, 6.45) is 1.30. The molecule has 0 amide bonds. The Balaban J connectivity index is 1.87. The Bertz CT molecular complexity index is 1150. The standard InChI is InChI=1S/C16H11Cl2FN4O4S/c17-13-5-2-6-15(19)12(13)8-22-9-14(18)16(20-22)21-28(26,27)11-4-1-3-10(7-11)23(24)25/h1-7,9H,8H2,(H,20,21). The van der Waals surface area contributed by atoms with E-state index in [0.29, 0.717) is 0 Å². The SMILES string of the molecule is O=[N+]([O-])c1cccc(S(=O)(=O)Nc2nn(Cc3c(F)cccc3Cl)cc2Cl)c1. The van der Waals surface area contributed by atoms with Gasteiger partial charge in [-0.15, -0.1) is 0 Å². The van der Waals surface area contributed by atoms with Gasteiger partial charge in [0.25, 0.3) is 15.7 Å². The van der Waals surface area contributed by atoms with Gasteiger partial charge in [-0.2, -0.15) is 5.10 Å². The van der Waals surface area contributed by atoms with E-state index in [-0.39, 0.29) is 38.6 Å². The minimum absolute atomic E-state index is 0.0403. The van der Waals surface area contributed by atoms with Crippen LogP contribution in [0.5, 0.6) is 0 Å². The van der Waals surface area contributed by atoms with Crippen LogP contribution in [0.2, 0.25) is 10.0 Å². The summed E-state index contributed by atoms with van der Waals surface area (Å²) < 4.78 is 42.3. The first-order valence-corrected chi connectivity index (χ1v) is 9.84. The van der Waals surface area contributed by atoms with E-state index < -0.39 is 20.8 Å². The van der Waals surface area contributed by atoms with Gasteiger partial charge in [0.15, 0.2) is 5.82 Å². The third-order valence-corrected chi connectivity index (χ3v) is 5.64.